The van der Waals surface area contributed by atoms with Crippen molar-refractivity contribution in [2.75, 3.05) is 46.3 Å². The monoisotopic (exact) mass is 612 g/mol. The minimum Gasteiger partial charge on any atom is -0.497 e. The summed E-state index contributed by atoms with van der Waals surface area (Å²) in [6.45, 7) is 0.222. The van der Waals surface area contributed by atoms with Crippen LogP contribution in [0.4, 0.5) is 5.69 Å². The number of para-hydroxylation sites is 1. The Kier molecular flexibility index (Phi) is 7.86. The maximum Gasteiger partial charge on any atom is 0.274 e. The zero-order valence-corrected chi connectivity index (χ0v) is 25.4. The summed E-state index contributed by atoms with van der Waals surface area (Å²) in [5.41, 5.74) is -0.987. The largest absolute Gasteiger partial charge is 0.497 e. The molecule has 0 bridgehead atoms. The van der Waals surface area contributed by atoms with Crippen LogP contribution in [-0.2, 0) is 25.2 Å². The number of sulfonamides is 1. The van der Waals surface area contributed by atoms with Crippen molar-refractivity contribution in [1.82, 2.24) is 9.80 Å². The Morgan fingerprint density at radius 3 is 2.33 bits per heavy atom. The molecule has 1 fully saturated rings. The van der Waals surface area contributed by atoms with E-state index in [2.05, 4.69) is 0 Å². The van der Waals surface area contributed by atoms with Crippen LogP contribution < -0.4 is 18.5 Å². The Bertz CT molecular complexity index is 1660. The van der Waals surface area contributed by atoms with Gasteiger partial charge in [0, 0.05) is 42.9 Å². The number of hydrogen-bond acceptors (Lipinski definition) is 8. The van der Waals surface area contributed by atoms with Crippen LogP contribution in [0.5, 0.6) is 17.2 Å². The van der Waals surface area contributed by atoms with Gasteiger partial charge in [0.15, 0.2) is 5.54 Å². The number of ether oxygens (including phenoxy) is 3. The molecule has 0 spiro atoms. The molecule has 1 saturated heterocycles. The molecule has 221 valence electrons. The lowest BCUT2D eigenvalue weighted by Gasteiger charge is -2.42. The fourth-order valence-electron chi connectivity index (χ4n) is 5.84. The van der Waals surface area contributed by atoms with Gasteiger partial charge in [0.2, 0.25) is 5.91 Å². The molecule has 5 rings (SSSR count). The average molecular weight is 613 g/mol. The van der Waals surface area contributed by atoms with Crippen LogP contribution in [0.15, 0.2) is 65.6 Å². The highest BCUT2D eigenvalue weighted by Gasteiger charge is 2.63. The van der Waals surface area contributed by atoms with Gasteiger partial charge in [-0.15, -0.1) is 0 Å². The maximum absolute atomic E-state index is 15.1. The van der Waals surface area contributed by atoms with Crippen LogP contribution in [0.2, 0.25) is 5.02 Å². The van der Waals surface area contributed by atoms with Crippen molar-refractivity contribution in [1.29, 1.82) is 0 Å². The van der Waals surface area contributed by atoms with Crippen LogP contribution in [0.25, 0.3) is 0 Å². The van der Waals surface area contributed by atoms with E-state index in [9.17, 15) is 13.2 Å². The number of methoxy groups -OCH3 is 3. The lowest BCUT2D eigenvalue weighted by Crippen LogP contribution is -2.59. The average Bonchev–Trinajstić information content (AvgIpc) is 3.57. The van der Waals surface area contributed by atoms with Crippen LogP contribution in [0.3, 0.4) is 0 Å². The van der Waals surface area contributed by atoms with E-state index in [1.165, 1.54) is 56.6 Å². The van der Waals surface area contributed by atoms with Gasteiger partial charge in [0.25, 0.3) is 15.9 Å². The molecule has 2 aliphatic rings. The predicted molar refractivity (Wildman–Crippen MR) is 158 cm³/mol. The van der Waals surface area contributed by atoms with Gasteiger partial charge in [-0.25, -0.2) is 12.7 Å². The van der Waals surface area contributed by atoms with Crippen molar-refractivity contribution in [2.24, 2.45) is 0 Å². The number of halogens is 1. The molecule has 3 aromatic carbocycles. The number of likely N-dealkylation sites (tertiary alicyclic amines) is 1. The zero-order valence-electron chi connectivity index (χ0n) is 23.8. The van der Waals surface area contributed by atoms with Crippen molar-refractivity contribution >= 4 is 39.1 Å². The summed E-state index contributed by atoms with van der Waals surface area (Å²) in [6.07, 6.45) is 2.26. The molecule has 0 aromatic heterocycles. The number of carbonyl (C=O) groups is 2. The number of likely N-dealkylation sites (N-methyl/N-ethyl adjacent to an activating group) is 1. The summed E-state index contributed by atoms with van der Waals surface area (Å²) in [7, 11) is 2.97. The van der Waals surface area contributed by atoms with E-state index in [4.69, 9.17) is 25.8 Å². The minimum absolute atomic E-state index is 0.00243. The van der Waals surface area contributed by atoms with E-state index < -0.39 is 27.5 Å². The third kappa shape index (κ3) is 4.38. The van der Waals surface area contributed by atoms with Gasteiger partial charge < -0.3 is 19.1 Å². The smallest absolute Gasteiger partial charge is 0.274 e. The fourth-order valence-corrected chi connectivity index (χ4v) is 7.61. The van der Waals surface area contributed by atoms with E-state index in [0.29, 0.717) is 34.1 Å². The Morgan fingerprint density at radius 1 is 0.952 bits per heavy atom. The summed E-state index contributed by atoms with van der Waals surface area (Å²) < 4.78 is 46.2. The van der Waals surface area contributed by atoms with Crippen LogP contribution in [0.1, 0.15) is 17.5 Å². The first-order chi connectivity index (χ1) is 20.0. The first-order valence-electron chi connectivity index (χ1n) is 13.1. The normalized spacial score (nSPS) is 20.4. The van der Waals surface area contributed by atoms with Gasteiger partial charge in [-0.2, -0.15) is 0 Å². The molecule has 1 radical (unpaired) electrons. The van der Waals surface area contributed by atoms with Gasteiger partial charge in [0.1, 0.15) is 22.1 Å². The second-order valence-corrected chi connectivity index (χ2v) is 12.3. The third-order valence-electron chi connectivity index (χ3n) is 7.70. The highest BCUT2D eigenvalue weighted by Crippen LogP contribution is 2.55. The molecule has 2 atom stereocenters. The summed E-state index contributed by atoms with van der Waals surface area (Å²) in [4.78, 5) is 31.6. The molecule has 0 saturated carbocycles. The van der Waals surface area contributed by atoms with Crippen LogP contribution >= 0.6 is 11.6 Å². The van der Waals surface area contributed by atoms with E-state index >= 15 is 4.79 Å². The van der Waals surface area contributed by atoms with Gasteiger partial charge in [0.05, 0.1) is 33.1 Å². The van der Waals surface area contributed by atoms with Gasteiger partial charge in [-0.05, 0) is 49.2 Å². The quantitative estimate of drug-likeness (QED) is 0.379. The van der Waals surface area contributed by atoms with Crippen molar-refractivity contribution in [3.05, 3.63) is 83.2 Å². The standard InChI is InChI=1S/C30H31ClN3O7S/c1-32(2)28(35)24-10-8-16-33(24)30(21-9-6-7-11-25(21)40-4)22-17-19(31)12-14-23(22)34(29(30)36)42(37,38)27-15-13-20(39-3)18-26(27)41-5/h6-9,11-15,17-18,24H,10,16H2,1-5H3/t24-,30-/m0/s1. The topological polar surface area (TPSA) is 106 Å². The van der Waals surface area contributed by atoms with Crippen molar-refractivity contribution < 1.29 is 32.2 Å². The summed E-state index contributed by atoms with van der Waals surface area (Å²) in [5.74, 6) is -0.295. The Morgan fingerprint density at radius 2 is 1.67 bits per heavy atom. The second-order valence-electron chi connectivity index (χ2n) is 10.1. The van der Waals surface area contributed by atoms with Crippen LogP contribution in [-0.4, -0.2) is 78.0 Å². The summed E-state index contributed by atoms with van der Waals surface area (Å²) in [5, 5.41) is 0.292. The summed E-state index contributed by atoms with van der Waals surface area (Å²) >= 11 is 6.53. The highest BCUT2D eigenvalue weighted by atomic mass is 35.5. The molecule has 2 heterocycles. The number of carbonyl (C=O) groups excluding carboxylic acids is 2. The molecule has 2 amide bonds. The van der Waals surface area contributed by atoms with Crippen LogP contribution in [0, 0.1) is 6.42 Å². The zero-order chi connectivity index (χ0) is 30.4. The van der Waals surface area contributed by atoms with Crippen molar-refractivity contribution in [3.63, 3.8) is 0 Å². The molecule has 10 nitrogen and oxygen atoms in total. The molecular formula is C30H31ClN3O7S. The van der Waals surface area contributed by atoms with Gasteiger partial charge in [-0.1, -0.05) is 29.8 Å². The molecule has 12 heteroatoms. The highest BCUT2D eigenvalue weighted by molar-refractivity contribution is 7.93. The van der Waals surface area contributed by atoms with Gasteiger partial charge >= 0.3 is 0 Å². The lowest BCUT2D eigenvalue weighted by atomic mass is 9.80. The number of anilines is 1. The lowest BCUT2D eigenvalue weighted by molar-refractivity contribution is -0.138. The molecule has 3 aromatic rings. The number of rotatable bonds is 8. The number of nitrogens with zero attached hydrogens (tertiary/aromatic N) is 3. The number of amides is 2. The van der Waals surface area contributed by atoms with E-state index in [0.717, 1.165) is 4.31 Å². The first kappa shape index (κ1) is 29.7. The first-order valence-corrected chi connectivity index (χ1v) is 14.9. The number of benzene rings is 3. The molecule has 0 unspecified atom stereocenters. The fraction of sp³-hybridized carbons (Fsp3) is 0.300. The maximum atomic E-state index is 15.1. The van der Waals surface area contributed by atoms with Crippen molar-refractivity contribution in [2.45, 2.75) is 22.9 Å². The van der Waals surface area contributed by atoms with Crippen molar-refractivity contribution in [3.8, 4) is 17.2 Å². The Balaban J connectivity index is 1.85. The SMILES string of the molecule is COc1ccc(S(=O)(=O)N2C(=O)[C@@](c3ccccc3OC)(N3C[CH]C[C@H]3C(=O)N(C)C)c3cc(Cl)ccc32)c(OC)c1. The van der Waals surface area contributed by atoms with E-state index in [1.807, 2.05) is 6.42 Å². The number of fused-ring (bicyclic) bond motifs is 1. The van der Waals surface area contributed by atoms with Gasteiger partial charge in [-0.3, -0.25) is 14.5 Å². The molecule has 2 aliphatic heterocycles. The Labute approximate surface area is 250 Å². The molecule has 0 N–H and O–H groups in total. The van der Waals surface area contributed by atoms with E-state index in [1.54, 1.807) is 49.3 Å². The Hall–Kier alpha value is -3.80. The molecule has 0 aliphatic carbocycles. The predicted octanol–water partition coefficient (Wildman–Crippen LogP) is 3.71. The molecule has 42 heavy (non-hydrogen) atoms. The minimum atomic E-state index is -4.58. The third-order valence-corrected chi connectivity index (χ3v) is 9.67. The second kappa shape index (κ2) is 11.1. The molecular weight excluding hydrogens is 582 g/mol. The summed E-state index contributed by atoms with van der Waals surface area (Å²) in [6, 6.07) is 15.0. The van der Waals surface area contributed by atoms with E-state index in [-0.39, 0.29) is 28.8 Å². The number of hydrogen-bond donors (Lipinski definition) is 0.